The van der Waals surface area contributed by atoms with Crippen LogP contribution in [0, 0.1) is 0 Å². The van der Waals surface area contributed by atoms with Gasteiger partial charge >= 0.3 is 0 Å². The fraction of sp³-hybridized carbons (Fsp3) is 0.312. The summed E-state index contributed by atoms with van der Waals surface area (Å²) in [5, 5.41) is 6.24. The van der Waals surface area contributed by atoms with E-state index in [2.05, 4.69) is 129 Å². The molecule has 0 spiro atoms. The highest BCUT2D eigenvalue weighted by molar-refractivity contribution is 6.08. The van der Waals surface area contributed by atoms with Crippen LogP contribution in [0.15, 0.2) is 78.9 Å². The molecule has 4 rings (SSSR count). The van der Waals surface area contributed by atoms with Gasteiger partial charge in [-0.05, 0) is 87.0 Å². The van der Waals surface area contributed by atoms with Gasteiger partial charge < -0.3 is 15.1 Å². The van der Waals surface area contributed by atoms with Gasteiger partial charge in [0.2, 0.25) is 0 Å². The van der Waals surface area contributed by atoms with E-state index in [1.165, 1.54) is 50.1 Å². The fourth-order valence-corrected chi connectivity index (χ4v) is 5.10. The molecule has 0 aliphatic carbocycles. The Morgan fingerprint density at radius 3 is 1.63 bits per heavy atom. The molecule has 4 aromatic carbocycles. The maximum Gasteiger partial charge on any atom is 0.0505 e. The van der Waals surface area contributed by atoms with Crippen LogP contribution < -0.4 is 15.1 Å². The molecule has 4 aromatic rings. The predicted octanol–water partition coefficient (Wildman–Crippen LogP) is 8.30. The summed E-state index contributed by atoms with van der Waals surface area (Å²) >= 11 is 0. The first-order valence-electron chi connectivity index (χ1n) is 13.1. The predicted molar refractivity (Wildman–Crippen MR) is 156 cm³/mol. The summed E-state index contributed by atoms with van der Waals surface area (Å²) in [7, 11) is 0. The van der Waals surface area contributed by atoms with Crippen molar-refractivity contribution in [2.75, 3.05) is 47.8 Å². The molecule has 1 N–H and O–H groups in total. The van der Waals surface area contributed by atoms with Crippen molar-refractivity contribution in [1.82, 2.24) is 0 Å². The summed E-state index contributed by atoms with van der Waals surface area (Å²) in [5.74, 6) is 0. The zero-order valence-electron chi connectivity index (χ0n) is 21.9. The molecule has 182 valence electrons. The van der Waals surface area contributed by atoms with Crippen LogP contribution in [-0.2, 0) is 0 Å². The number of nitrogens with zero attached hydrogens (tertiary/aromatic N) is 2. The van der Waals surface area contributed by atoms with Crippen molar-refractivity contribution in [3.05, 3.63) is 78.9 Å². The van der Waals surface area contributed by atoms with Gasteiger partial charge in [0.1, 0.15) is 0 Å². The minimum Gasteiger partial charge on any atom is -0.384 e. The van der Waals surface area contributed by atoms with Gasteiger partial charge in [-0.15, -0.1) is 0 Å². The topological polar surface area (TPSA) is 18.5 Å². The molecule has 0 aromatic heterocycles. The zero-order chi connectivity index (χ0) is 24.8. The van der Waals surface area contributed by atoms with Crippen LogP contribution in [-0.4, -0.2) is 32.7 Å². The number of hydrogen-bond donors (Lipinski definition) is 1. The first-order valence-corrected chi connectivity index (χ1v) is 13.1. The smallest absolute Gasteiger partial charge is 0.0505 e. The van der Waals surface area contributed by atoms with Gasteiger partial charge in [-0.1, -0.05) is 48.5 Å². The molecule has 3 nitrogen and oxygen atoms in total. The second-order valence-corrected chi connectivity index (χ2v) is 8.86. The molecule has 0 heterocycles. The van der Waals surface area contributed by atoms with Crippen molar-refractivity contribution in [2.24, 2.45) is 0 Å². The van der Waals surface area contributed by atoms with Crippen molar-refractivity contribution in [1.29, 1.82) is 0 Å². The molecule has 0 saturated carbocycles. The van der Waals surface area contributed by atoms with Gasteiger partial charge in [0.05, 0.1) is 5.69 Å². The van der Waals surface area contributed by atoms with Crippen molar-refractivity contribution >= 4 is 27.8 Å². The molecule has 3 heteroatoms. The largest absolute Gasteiger partial charge is 0.384 e. The quantitative estimate of drug-likeness (QED) is 0.254. The number of benzene rings is 4. The van der Waals surface area contributed by atoms with E-state index < -0.39 is 0 Å². The average molecular weight is 466 g/mol. The van der Waals surface area contributed by atoms with Crippen LogP contribution in [0.1, 0.15) is 34.6 Å². The Bertz CT molecular complexity index is 1230. The number of fused-ring (bicyclic) bond motifs is 1. The monoisotopic (exact) mass is 465 g/mol. The van der Waals surface area contributed by atoms with Crippen molar-refractivity contribution < 1.29 is 0 Å². The minimum absolute atomic E-state index is 0.874. The molecule has 0 aliphatic rings. The van der Waals surface area contributed by atoms with Crippen LogP contribution in [0.2, 0.25) is 0 Å². The van der Waals surface area contributed by atoms with E-state index in [1.54, 1.807) is 0 Å². The Kier molecular flexibility index (Phi) is 7.97. The average Bonchev–Trinajstić information content (AvgIpc) is 2.91. The molecule has 0 fully saturated rings. The highest BCUT2D eigenvalue weighted by atomic mass is 15.1. The van der Waals surface area contributed by atoms with Gasteiger partial charge in [0, 0.05) is 55.0 Å². The summed E-state index contributed by atoms with van der Waals surface area (Å²) in [5.41, 5.74) is 8.78. The van der Waals surface area contributed by atoms with Crippen LogP contribution in [0.25, 0.3) is 33.0 Å². The van der Waals surface area contributed by atoms with Gasteiger partial charge in [0.25, 0.3) is 0 Å². The molecule has 35 heavy (non-hydrogen) atoms. The van der Waals surface area contributed by atoms with Crippen LogP contribution >= 0.6 is 0 Å². The summed E-state index contributed by atoms with van der Waals surface area (Å²) in [6.45, 7) is 15.9. The van der Waals surface area contributed by atoms with Gasteiger partial charge in [-0.2, -0.15) is 0 Å². The SMILES string of the molecule is CCNc1c(-c2ccc(N(CC)CC)cc2)c(-c2ccc(N(CC)CC)cc2)cc2ccccc12. The van der Waals surface area contributed by atoms with Crippen molar-refractivity contribution in [2.45, 2.75) is 34.6 Å². The summed E-state index contributed by atoms with van der Waals surface area (Å²) in [6, 6.07) is 29.2. The van der Waals surface area contributed by atoms with Crippen LogP contribution in [0.5, 0.6) is 0 Å². The third kappa shape index (κ3) is 5.00. The second-order valence-electron chi connectivity index (χ2n) is 8.86. The van der Waals surface area contributed by atoms with Gasteiger partial charge in [-0.3, -0.25) is 0 Å². The highest BCUT2D eigenvalue weighted by Crippen LogP contribution is 2.43. The molecular formula is C32H39N3. The minimum atomic E-state index is 0.874. The number of hydrogen-bond acceptors (Lipinski definition) is 3. The van der Waals surface area contributed by atoms with E-state index in [1.807, 2.05) is 0 Å². The lowest BCUT2D eigenvalue weighted by atomic mass is 9.89. The van der Waals surface area contributed by atoms with E-state index in [-0.39, 0.29) is 0 Å². The van der Waals surface area contributed by atoms with Crippen LogP contribution in [0.3, 0.4) is 0 Å². The Hall–Kier alpha value is -3.46. The molecular weight excluding hydrogens is 426 g/mol. The van der Waals surface area contributed by atoms with Crippen LogP contribution in [0.4, 0.5) is 17.1 Å². The third-order valence-electron chi connectivity index (χ3n) is 6.99. The molecule has 0 atom stereocenters. The zero-order valence-corrected chi connectivity index (χ0v) is 21.9. The van der Waals surface area contributed by atoms with E-state index in [0.29, 0.717) is 0 Å². The lowest BCUT2D eigenvalue weighted by molar-refractivity contribution is 0.866. The number of anilines is 3. The second kappa shape index (κ2) is 11.3. The molecule has 0 aliphatic heterocycles. The van der Waals surface area contributed by atoms with Crippen molar-refractivity contribution in [3.8, 4) is 22.3 Å². The Labute approximate surface area is 211 Å². The maximum atomic E-state index is 3.72. The molecule has 0 bridgehead atoms. The fourth-order valence-electron chi connectivity index (χ4n) is 5.10. The standard InChI is InChI=1S/C32H39N3/c1-6-33-32-29-14-12-11-13-26(29)23-30(24-15-19-27(20-16-24)34(7-2)8-3)31(32)25-17-21-28(22-18-25)35(9-4)10-5/h11-23,33H,6-10H2,1-5H3. The normalized spacial score (nSPS) is 11.0. The lowest BCUT2D eigenvalue weighted by Gasteiger charge is -2.23. The molecule has 0 unspecified atom stereocenters. The van der Waals surface area contributed by atoms with Gasteiger partial charge in [-0.25, -0.2) is 0 Å². The lowest BCUT2D eigenvalue weighted by Crippen LogP contribution is -2.21. The summed E-state index contributed by atoms with van der Waals surface area (Å²) in [4.78, 5) is 4.78. The first-order chi connectivity index (χ1) is 17.1. The Balaban J connectivity index is 1.92. The van der Waals surface area contributed by atoms with Crippen molar-refractivity contribution in [3.63, 3.8) is 0 Å². The van der Waals surface area contributed by atoms with E-state index in [9.17, 15) is 0 Å². The Morgan fingerprint density at radius 2 is 1.11 bits per heavy atom. The number of nitrogens with one attached hydrogen (secondary N) is 1. The summed E-state index contributed by atoms with van der Waals surface area (Å²) < 4.78 is 0. The molecule has 0 radical (unpaired) electrons. The third-order valence-corrected chi connectivity index (χ3v) is 6.99. The van der Waals surface area contributed by atoms with E-state index in [4.69, 9.17) is 0 Å². The molecule has 0 saturated heterocycles. The molecule has 0 amide bonds. The highest BCUT2D eigenvalue weighted by Gasteiger charge is 2.17. The van der Waals surface area contributed by atoms with E-state index in [0.717, 1.165) is 32.7 Å². The maximum absolute atomic E-state index is 3.72. The summed E-state index contributed by atoms with van der Waals surface area (Å²) in [6.07, 6.45) is 0. The Morgan fingerprint density at radius 1 is 0.600 bits per heavy atom. The van der Waals surface area contributed by atoms with Gasteiger partial charge in [0.15, 0.2) is 0 Å². The van der Waals surface area contributed by atoms with E-state index >= 15 is 0 Å². The first kappa shape index (κ1) is 24.7. The number of rotatable bonds is 10.